The van der Waals surface area contributed by atoms with Gasteiger partial charge in [-0.3, -0.25) is 0 Å². The van der Waals surface area contributed by atoms with Gasteiger partial charge < -0.3 is 9.13 Å². The second-order valence-corrected chi connectivity index (χ2v) is 3.55. The molecule has 0 spiro atoms. The van der Waals surface area contributed by atoms with Gasteiger partial charge >= 0.3 is 0 Å². The van der Waals surface area contributed by atoms with Gasteiger partial charge in [-0.2, -0.15) is 0 Å². The lowest BCUT2D eigenvalue weighted by Gasteiger charge is -2.18. The zero-order valence-electron chi connectivity index (χ0n) is 7.05. The molecule has 0 aromatic carbocycles. The summed E-state index contributed by atoms with van der Waals surface area (Å²) in [5, 5.41) is 0. The number of imidazole rings is 1. The van der Waals surface area contributed by atoms with Crippen LogP contribution in [-0.4, -0.2) is 4.57 Å². The summed E-state index contributed by atoms with van der Waals surface area (Å²) in [6.07, 6.45) is 7.17. The van der Waals surface area contributed by atoms with Gasteiger partial charge in [0.1, 0.15) is 0 Å². The van der Waals surface area contributed by atoms with Crippen LogP contribution in [0, 0.1) is 6.33 Å². The van der Waals surface area contributed by atoms with E-state index in [0.717, 1.165) is 0 Å². The van der Waals surface area contributed by atoms with Crippen LogP contribution in [0.15, 0.2) is 12.4 Å². The van der Waals surface area contributed by atoms with Gasteiger partial charge in [0.05, 0.1) is 12.6 Å². The van der Waals surface area contributed by atoms with Crippen LogP contribution in [0.2, 0.25) is 0 Å². The van der Waals surface area contributed by atoms with Crippen molar-refractivity contribution in [3.8, 4) is 0 Å². The van der Waals surface area contributed by atoms with E-state index in [1.165, 1.54) is 0 Å². The SMILES string of the molecule is C[n+]1[c-]n(C(C)(C)C)cc1. The smallest absolute Gasteiger partial charge is 0.204 e. The summed E-state index contributed by atoms with van der Waals surface area (Å²) < 4.78 is 3.98. The third-order valence-corrected chi connectivity index (χ3v) is 1.43. The first kappa shape index (κ1) is 7.32. The van der Waals surface area contributed by atoms with E-state index in [9.17, 15) is 0 Å². The topological polar surface area (TPSA) is 8.81 Å². The number of hydrogen-bond donors (Lipinski definition) is 0. The Balaban J connectivity index is 2.96. The number of aromatic nitrogens is 2. The quantitative estimate of drug-likeness (QED) is 0.371. The first-order chi connectivity index (χ1) is 4.50. The van der Waals surface area contributed by atoms with E-state index >= 15 is 0 Å². The Kier molecular flexibility index (Phi) is 1.55. The molecule has 0 bridgehead atoms. The molecule has 0 radical (unpaired) electrons. The highest BCUT2D eigenvalue weighted by atomic mass is 15.1. The number of aryl methyl sites for hydroxylation is 1. The van der Waals surface area contributed by atoms with Crippen LogP contribution >= 0.6 is 0 Å². The van der Waals surface area contributed by atoms with Crippen LogP contribution in [0.1, 0.15) is 20.8 Å². The molecule has 56 valence electrons. The fourth-order valence-electron chi connectivity index (χ4n) is 0.777. The predicted molar refractivity (Wildman–Crippen MR) is 39.4 cm³/mol. The molecule has 0 atom stereocenters. The molecule has 0 N–H and O–H groups in total. The molecule has 0 amide bonds. The van der Waals surface area contributed by atoms with Gasteiger partial charge in [0.2, 0.25) is 6.33 Å². The van der Waals surface area contributed by atoms with E-state index in [-0.39, 0.29) is 5.54 Å². The Morgan fingerprint density at radius 3 is 2.20 bits per heavy atom. The van der Waals surface area contributed by atoms with E-state index < -0.39 is 0 Å². The maximum Gasteiger partial charge on any atom is 0.204 e. The average molecular weight is 138 g/mol. The van der Waals surface area contributed by atoms with Crippen molar-refractivity contribution in [3.05, 3.63) is 18.7 Å². The Morgan fingerprint density at radius 1 is 1.40 bits per heavy atom. The number of hydrogen-bond acceptors (Lipinski definition) is 0. The highest BCUT2D eigenvalue weighted by molar-refractivity contribution is 4.76. The van der Waals surface area contributed by atoms with Gasteiger partial charge in [0.15, 0.2) is 0 Å². The fourth-order valence-corrected chi connectivity index (χ4v) is 0.777. The molecule has 10 heavy (non-hydrogen) atoms. The summed E-state index contributed by atoms with van der Waals surface area (Å²) in [7, 11) is 1.97. The van der Waals surface area contributed by atoms with Crippen molar-refractivity contribution >= 4 is 0 Å². The average Bonchev–Trinajstić information content (AvgIpc) is 2.11. The van der Waals surface area contributed by atoms with E-state index in [1.807, 2.05) is 24.0 Å². The minimum Gasteiger partial charge on any atom is -0.354 e. The third-order valence-electron chi connectivity index (χ3n) is 1.43. The second-order valence-electron chi connectivity index (χ2n) is 3.55. The summed E-state index contributed by atoms with van der Waals surface area (Å²) in [5.41, 5.74) is 0.154. The summed E-state index contributed by atoms with van der Waals surface area (Å²) in [6.45, 7) is 6.47. The number of rotatable bonds is 0. The van der Waals surface area contributed by atoms with Gasteiger partial charge in [-0.25, -0.2) is 0 Å². The number of nitrogens with zero attached hydrogens (tertiary/aromatic N) is 2. The van der Waals surface area contributed by atoms with E-state index in [2.05, 4.69) is 31.7 Å². The Bertz CT molecular complexity index is 217. The van der Waals surface area contributed by atoms with Crippen molar-refractivity contribution in [2.45, 2.75) is 26.3 Å². The molecule has 0 saturated carbocycles. The maximum atomic E-state index is 3.15. The lowest BCUT2D eigenvalue weighted by molar-refractivity contribution is -0.675. The van der Waals surface area contributed by atoms with Crippen LogP contribution in [-0.2, 0) is 12.6 Å². The molecule has 1 aromatic rings. The van der Waals surface area contributed by atoms with Crippen LogP contribution in [0.5, 0.6) is 0 Å². The van der Waals surface area contributed by atoms with Crippen molar-refractivity contribution in [3.63, 3.8) is 0 Å². The lowest BCUT2D eigenvalue weighted by Crippen LogP contribution is -2.28. The van der Waals surface area contributed by atoms with Crippen LogP contribution in [0.3, 0.4) is 0 Å². The van der Waals surface area contributed by atoms with Gasteiger partial charge in [-0.1, -0.05) is 0 Å². The molecule has 1 rings (SSSR count). The Morgan fingerprint density at radius 2 is 2.00 bits per heavy atom. The van der Waals surface area contributed by atoms with Gasteiger partial charge in [-0.05, 0) is 33.2 Å². The molecule has 0 aliphatic heterocycles. The van der Waals surface area contributed by atoms with Crippen LogP contribution in [0.25, 0.3) is 0 Å². The molecule has 0 aliphatic rings. The molecule has 2 nitrogen and oxygen atoms in total. The molecular formula is C8H14N2. The van der Waals surface area contributed by atoms with Gasteiger partial charge in [0, 0.05) is 0 Å². The first-order valence-corrected chi connectivity index (χ1v) is 3.47. The van der Waals surface area contributed by atoms with Crippen molar-refractivity contribution in [1.29, 1.82) is 0 Å². The normalized spacial score (nSPS) is 12.0. The van der Waals surface area contributed by atoms with Gasteiger partial charge in [0.25, 0.3) is 0 Å². The monoisotopic (exact) mass is 138 g/mol. The Labute approximate surface area is 62.1 Å². The standard InChI is InChI=1S/C8H14N2/c1-8(2,3)10-6-5-9(4)7-10/h5-6H,1-4H3. The van der Waals surface area contributed by atoms with Crippen molar-refractivity contribution < 1.29 is 4.57 Å². The molecule has 1 heterocycles. The fraction of sp³-hybridized carbons (Fsp3) is 0.625. The predicted octanol–water partition coefficient (Wildman–Crippen LogP) is 0.868. The van der Waals surface area contributed by atoms with Crippen molar-refractivity contribution in [2.24, 2.45) is 7.05 Å². The highest BCUT2D eigenvalue weighted by Gasteiger charge is 2.12. The summed E-state index contributed by atoms with van der Waals surface area (Å²) in [6, 6.07) is 0. The molecule has 1 aromatic heterocycles. The highest BCUT2D eigenvalue weighted by Crippen LogP contribution is 2.10. The minimum atomic E-state index is 0.154. The van der Waals surface area contributed by atoms with E-state index in [1.54, 1.807) is 0 Å². The largest absolute Gasteiger partial charge is 0.354 e. The summed E-state index contributed by atoms with van der Waals surface area (Å²) >= 11 is 0. The third kappa shape index (κ3) is 1.38. The molecule has 0 aliphatic carbocycles. The maximum absolute atomic E-state index is 3.15. The lowest BCUT2D eigenvalue weighted by atomic mass is 10.1. The van der Waals surface area contributed by atoms with E-state index in [4.69, 9.17) is 0 Å². The molecule has 0 saturated heterocycles. The van der Waals surface area contributed by atoms with E-state index in [0.29, 0.717) is 0 Å². The van der Waals surface area contributed by atoms with Crippen LogP contribution < -0.4 is 4.57 Å². The zero-order chi connectivity index (χ0) is 7.78. The Hall–Kier alpha value is -0.790. The zero-order valence-corrected chi connectivity index (χ0v) is 7.05. The second kappa shape index (κ2) is 2.11. The summed E-state index contributed by atoms with van der Waals surface area (Å²) in [4.78, 5) is 0. The van der Waals surface area contributed by atoms with Crippen molar-refractivity contribution in [1.82, 2.24) is 4.57 Å². The molecule has 0 fully saturated rings. The molecule has 2 heteroatoms. The summed E-state index contributed by atoms with van der Waals surface area (Å²) in [5.74, 6) is 0. The first-order valence-electron chi connectivity index (χ1n) is 3.47. The van der Waals surface area contributed by atoms with Crippen LogP contribution in [0.4, 0.5) is 0 Å². The minimum absolute atomic E-state index is 0.154. The molecule has 0 unspecified atom stereocenters. The molecular weight excluding hydrogens is 124 g/mol. The van der Waals surface area contributed by atoms with Gasteiger partial charge in [-0.15, -0.1) is 0 Å². The van der Waals surface area contributed by atoms with Crippen molar-refractivity contribution in [2.75, 3.05) is 0 Å².